The second-order valence-corrected chi connectivity index (χ2v) is 7.12. The van der Waals surface area contributed by atoms with Crippen molar-refractivity contribution in [2.75, 3.05) is 0 Å². The average molecular weight is 403 g/mol. The fraction of sp³-hybridized carbons (Fsp3) is 0.0476. The summed E-state index contributed by atoms with van der Waals surface area (Å²) in [5.74, 6) is 0.381. The van der Waals surface area contributed by atoms with E-state index in [4.69, 9.17) is 13.6 Å². The molecule has 0 aliphatic heterocycles. The Balaban J connectivity index is 1.36. The summed E-state index contributed by atoms with van der Waals surface area (Å²) in [7, 11) is 0. The second kappa shape index (κ2) is 7.33. The number of carbonyl (C=O) groups is 1. The SMILES string of the molecule is O=C(OCc1nnc(-c2ccco2)o1)c1ccccc1-c1nc2ccccc2s1. The van der Waals surface area contributed by atoms with E-state index in [2.05, 4.69) is 15.2 Å². The van der Waals surface area contributed by atoms with E-state index < -0.39 is 5.97 Å². The third-order valence-electron chi connectivity index (χ3n) is 4.20. The van der Waals surface area contributed by atoms with Crippen LogP contribution >= 0.6 is 11.3 Å². The molecule has 142 valence electrons. The van der Waals surface area contributed by atoms with Crippen molar-refractivity contribution in [1.82, 2.24) is 15.2 Å². The molecule has 0 bridgehead atoms. The van der Waals surface area contributed by atoms with Gasteiger partial charge in [-0.25, -0.2) is 9.78 Å². The molecule has 0 aliphatic rings. The van der Waals surface area contributed by atoms with E-state index in [-0.39, 0.29) is 18.4 Å². The van der Waals surface area contributed by atoms with Gasteiger partial charge in [-0.1, -0.05) is 30.3 Å². The summed E-state index contributed by atoms with van der Waals surface area (Å²) in [6.45, 7) is -0.138. The lowest BCUT2D eigenvalue weighted by molar-refractivity contribution is 0.0439. The predicted molar refractivity (Wildman–Crippen MR) is 106 cm³/mol. The lowest BCUT2D eigenvalue weighted by Gasteiger charge is -2.06. The first-order chi connectivity index (χ1) is 14.3. The highest BCUT2D eigenvalue weighted by Crippen LogP contribution is 2.32. The van der Waals surface area contributed by atoms with Gasteiger partial charge in [-0.05, 0) is 30.3 Å². The number of thiazole rings is 1. The maximum Gasteiger partial charge on any atom is 0.339 e. The number of esters is 1. The van der Waals surface area contributed by atoms with Gasteiger partial charge < -0.3 is 13.6 Å². The van der Waals surface area contributed by atoms with Crippen molar-refractivity contribution >= 4 is 27.5 Å². The number of hydrogen-bond acceptors (Lipinski definition) is 8. The minimum Gasteiger partial charge on any atom is -0.459 e. The van der Waals surface area contributed by atoms with Crippen LogP contribution in [0, 0.1) is 0 Å². The first kappa shape index (κ1) is 17.3. The van der Waals surface area contributed by atoms with Crippen molar-refractivity contribution in [2.24, 2.45) is 0 Å². The first-order valence-corrected chi connectivity index (χ1v) is 9.58. The molecule has 5 rings (SSSR count). The van der Waals surface area contributed by atoms with Gasteiger partial charge in [0.1, 0.15) is 5.01 Å². The number of benzene rings is 2. The van der Waals surface area contributed by atoms with E-state index in [1.54, 1.807) is 24.3 Å². The maximum absolute atomic E-state index is 12.7. The molecule has 0 aliphatic carbocycles. The topological polar surface area (TPSA) is 91.2 Å². The van der Waals surface area contributed by atoms with Crippen molar-refractivity contribution in [3.63, 3.8) is 0 Å². The monoisotopic (exact) mass is 403 g/mol. The van der Waals surface area contributed by atoms with Crippen LogP contribution in [0.3, 0.4) is 0 Å². The van der Waals surface area contributed by atoms with E-state index in [9.17, 15) is 4.79 Å². The van der Waals surface area contributed by atoms with Crippen molar-refractivity contribution in [3.8, 4) is 22.2 Å². The van der Waals surface area contributed by atoms with Crippen LogP contribution in [-0.2, 0) is 11.3 Å². The Morgan fingerprint density at radius 1 is 1.00 bits per heavy atom. The van der Waals surface area contributed by atoms with Crippen LogP contribution in [-0.4, -0.2) is 21.2 Å². The van der Waals surface area contributed by atoms with Crippen molar-refractivity contribution in [2.45, 2.75) is 6.61 Å². The molecule has 0 saturated heterocycles. The molecule has 8 heteroatoms. The Morgan fingerprint density at radius 2 is 1.86 bits per heavy atom. The number of hydrogen-bond donors (Lipinski definition) is 0. The molecule has 0 unspecified atom stereocenters. The molecule has 29 heavy (non-hydrogen) atoms. The maximum atomic E-state index is 12.7. The standard InChI is InChI=1S/C21H13N3O4S/c25-21(27-12-18-23-24-19(28-18)16-9-5-11-26-16)14-7-2-1-6-13(14)20-22-15-8-3-4-10-17(15)29-20/h1-11H,12H2. The molecule has 0 fully saturated rings. The Labute approximate surface area is 168 Å². The predicted octanol–water partition coefficient (Wildman–Crippen LogP) is 4.96. The van der Waals surface area contributed by atoms with Crippen LogP contribution in [0.5, 0.6) is 0 Å². The van der Waals surface area contributed by atoms with E-state index in [0.717, 1.165) is 20.8 Å². The first-order valence-electron chi connectivity index (χ1n) is 8.76. The number of fused-ring (bicyclic) bond motifs is 1. The highest BCUT2D eigenvalue weighted by Gasteiger charge is 2.18. The van der Waals surface area contributed by atoms with Gasteiger partial charge in [0.25, 0.3) is 11.8 Å². The third kappa shape index (κ3) is 3.41. The van der Waals surface area contributed by atoms with Crippen LogP contribution in [0.1, 0.15) is 16.2 Å². The van der Waals surface area contributed by atoms with E-state index in [1.807, 2.05) is 36.4 Å². The third-order valence-corrected chi connectivity index (χ3v) is 5.27. The van der Waals surface area contributed by atoms with E-state index in [1.165, 1.54) is 17.6 Å². The zero-order valence-corrected chi connectivity index (χ0v) is 15.8. The summed E-state index contributed by atoms with van der Waals surface area (Å²) in [4.78, 5) is 17.3. The van der Waals surface area contributed by atoms with Crippen molar-refractivity contribution in [3.05, 3.63) is 78.4 Å². The zero-order chi connectivity index (χ0) is 19.6. The minimum absolute atomic E-state index is 0.138. The average Bonchev–Trinajstić information content (AvgIpc) is 3.52. The highest BCUT2D eigenvalue weighted by atomic mass is 32.1. The molecule has 0 atom stereocenters. The van der Waals surface area contributed by atoms with Gasteiger partial charge in [0.15, 0.2) is 12.4 Å². The summed E-state index contributed by atoms with van der Waals surface area (Å²) in [5.41, 5.74) is 2.05. The van der Waals surface area contributed by atoms with Crippen LogP contribution < -0.4 is 0 Å². The van der Waals surface area contributed by atoms with Gasteiger partial charge in [-0.15, -0.1) is 21.5 Å². The molecule has 5 aromatic rings. The summed E-state index contributed by atoms with van der Waals surface area (Å²) in [6, 6.07) is 18.5. The number of rotatable bonds is 5. The lowest BCUT2D eigenvalue weighted by atomic mass is 10.1. The highest BCUT2D eigenvalue weighted by molar-refractivity contribution is 7.21. The second-order valence-electron chi connectivity index (χ2n) is 6.09. The summed E-state index contributed by atoms with van der Waals surface area (Å²) < 4.78 is 17.1. The molecule has 3 aromatic heterocycles. The molecule has 0 radical (unpaired) electrons. The molecule has 0 saturated carbocycles. The van der Waals surface area contributed by atoms with Gasteiger partial charge in [-0.3, -0.25) is 0 Å². The Kier molecular flexibility index (Phi) is 4.38. The molecule has 3 heterocycles. The van der Waals surface area contributed by atoms with Crippen LogP contribution in [0.4, 0.5) is 0 Å². The van der Waals surface area contributed by atoms with Crippen LogP contribution in [0.2, 0.25) is 0 Å². The molecule has 0 N–H and O–H groups in total. The molecule has 0 spiro atoms. The summed E-state index contributed by atoms with van der Waals surface area (Å²) >= 11 is 1.53. The van der Waals surface area contributed by atoms with Gasteiger partial charge >= 0.3 is 5.97 Å². The van der Waals surface area contributed by atoms with Crippen molar-refractivity contribution in [1.29, 1.82) is 0 Å². The fourth-order valence-corrected chi connectivity index (χ4v) is 3.86. The number of aromatic nitrogens is 3. The number of nitrogens with zero attached hydrogens (tertiary/aromatic N) is 3. The number of carbonyl (C=O) groups excluding carboxylic acids is 1. The van der Waals surface area contributed by atoms with Crippen LogP contribution in [0.15, 0.2) is 75.8 Å². The van der Waals surface area contributed by atoms with E-state index in [0.29, 0.717) is 11.3 Å². The Hall–Kier alpha value is -3.78. The summed E-state index contributed by atoms with van der Waals surface area (Å²) in [6.07, 6.45) is 1.51. The quantitative estimate of drug-likeness (QED) is 0.383. The Bertz CT molecular complexity index is 1260. The largest absolute Gasteiger partial charge is 0.459 e. The van der Waals surface area contributed by atoms with Crippen molar-refractivity contribution < 1.29 is 18.4 Å². The molecule has 0 amide bonds. The molecular weight excluding hydrogens is 390 g/mol. The number of furan rings is 1. The minimum atomic E-state index is -0.488. The lowest BCUT2D eigenvalue weighted by Crippen LogP contribution is -2.07. The van der Waals surface area contributed by atoms with Gasteiger partial charge in [0.2, 0.25) is 0 Å². The Morgan fingerprint density at radius 3 is 2.72 bits per heavy atom. The number of ether oxygens (including phenoxy) is 1. The normalized spacial score (nSPS) is 11.0. The number of para-hydroxylation sites is 1. The van der Waals surface area contributed by atoms with Gasteiger partial charge in [-0.2, -0.15) is 0 Å². The zero-order valence-electron chi connectivity index (χ0n) is 14.9. The molecular formula is C21H13N3O4S. The molecule has 7 nitrogen and oxygen atoms in total. The van der Waals surface area contributed by atoms with E-state index >= 15 is 0 Å². The van der Waals surface area contributed by atoms with Crippen LogP contribution in [0.25, 0.3) is 32.4 Å². The van der Waals surface area contributed by atoms with Gasteiger partial charge in [0.05, 0.1) is 22.0 Å². The summed E-state index contributed by atoms with van der Waals surface area (Å²) in [5, 5.41) is 8.53. The molecule has 2 aromatic carbocycles. The van der Waals surface area contributed by atoms with Gasteiger partial charge in [0, 0.05) is 5.56 Å². The fourth-order valence-electron chi connectivity index (χ4n) is 2.85. The smallest absolute Gasteiger partial charge is 0.339 e.